The predicted octanol–water partition coefficient (Wildman–Crippen LogP) is 3.96. The lowest BCUT2D eigenvalue weighted by atomic mass is 9.72. The molecule has 1 aromatic rings. The molecule has 0 bridgehead atoms. The molecule has 0 amide bonds. The monoisotopic (exact) mass is 406 g/mol. The number of benzene rings is 1. The summed E-state index contributed by atoms with van der Waals surface area (Å²) in [5.74, 6) is -1.26. The average molecular weight is 406 g/mol. The topological polar surface area (TPSA) is 69.7 Å². The molecule has 1 aliphatic rings. The van der Waals surface area contributed by atoms with Gasteiger partial charge in [-0.2, -0.15) is 17.2 Å². The first-order valence-corrected chi connectivity index (χ1v) is 9.70. The van der Waals surface area contributed by atoms with E-state index in [0.717, 1.165) is 0 Å². The Morgan fingerprint density at radius 3 is 2.52 bits per heavy atom. The van der Waals surface area contributed by atoms with Gasteiger partial charge in [-0.05, 0) is 49.5 Å². The van der Waals surface area contributed by atoms with E-state index >= 15 is 0 Å². The minimum Gasteiger partial charge on any atom is -0.468 e. The molecule has 0 N–H and O–H groups in total. The fraction of sp³-hybridized carbons (Fsp3) is 0.500. The molecule has 2 rings (SSSR count). The molecule has 0 radical (unpaired) electrons. The van der Waals surface area contributed by atoms with Gasteiger partial charge in [-0.25, -0.2) is 4.39 Å². The molecule has 0 saturated carbocycles. The smallest absolute Gasteiger partial charge is 0.377 e. The van der Waals surface area contributed by atoms with Gasteiger partial charge in [0.25, 0.3) is 0 Å². The summed E-state index contributed by atoms with van der Waals surface area (Å²) >= 11 is 0. The van der Waals surface area contributed by atoms with Crippen LogP contribution in [0.5, 0.6) is 0 Å². The highest BCUT2D eigenvalue weighted by atomic mass is 32.2. The summed E-state index contributed by atoms with van der Waals surface area (Å²) in [6.07, 6.45) is 1.66. The van der Waals surface area contributed by atoms with Crippen molar-refractivity contribution in [1.82, 2.24) is 0 Å². The molecule has 0 saturated heterocycles. The molecule has 0 aromatic heterocycles. The Labute approximate surface area is 156 Å². The molecule has 9 heteroatoms. The van der Waals surface area contributed by atoms with Crippen LogP contribution in [0, 0.1) is 12.7 Å². The van der Waals surface area contributed by atoms with Crippen molar-refractivity contribution in [3.63, 3.8) is 0 Å². The van der Waals surface area contributed by atoms with Crippen LogP contribution in [-0.4, -0.2) is 26.8 Å². The number of hydrogen-bond acceptors (Lipinski definition) is 5. The van der Waals surface area contributed by atoms with E-state index in [2.05, 4.69) is 4.18 Å². The maximum absolute atomic E-state index is 14.1. The maximum atomic E-state index is 14.1. The van der Waals surface area contributed by atoms with Crippen molar-refractivity contribution in [2.45, 2.75) is 50.2 Å². The van der Waals surface area contributed by atoms with Crippen LogP contribution >= 0.6 is 0 Å². The summed E-state index contributed by atoms with van der Waals surface area (Å²) in [6.45, 7) is 1.77. The van der Waals surface area contributed by atoms with Crippen LogP contribution in [0.4, 0.5) is 13.2 Å². The van der Waals surface area contributed by atoms with Crippen LogP contribution in [0.2, 0.25) is 0 Å². The van der Waals surface area contributed by atoms with E-state index in [0.29, 0.717) is 5.56 Å². The van der Waals surface area contributed by atoms with Crippen LogP contribution in [0.3, 0.4) is 0 Å². The van der Waals surface area contributed by atoms with E-state index in [9.17, 15) is 26.4 Å². The molecular formula is C18H21F3O5S. The largest absolute Gasteiger partial charge is 0.468 e. The van der Waals surface area contributed by atoms with Crippen LogP contribution in [0.1, 0.15) is 43.7 Å². The number of carbonyl (C=O) groups excluding carboxylic acids is 1. The molecule has 0 fully saturated rings. The van der Waals surface area contributed by atoms with Crippen LogP contribution < -0.4 is 0 Å². The van der Waals surface area contributed by atoms with Crippen LogP contribution in [0.15, 0.2) is 30.0 Å². The fourth-order valence-corrected chi connectivity index (χ4v) is 3.82. The number of carbonyl (C=O) groups is 1. The molecule has 1 aliphatic carbocycles. The first-order chi connectivity index (χ1) is 12.4. The Balaban J connectivity index is 2.38. The summed E-state index contributed by atoms with van der Waals surface area (Å²) in [7, 11) is -3.93. The highest BCUT2D eigenvalue weighted by Gasteiger charge is 2.45. The van der Waals surface area contributed by atoms with Crippen molar-refractivity contribution in [2.24, 2.45) is 0 Å². The fourth-order valence-electron chi connectivity index (χ4n) is 3.24. The molecule has 0 heterocycles. The van der Waals surface area contributed by atoms with Gasteiger partial charge in [0.15, 0.2) is 0 Å². The van der Waals surface area contributed by atoms with Crippen molar-refractivity contribution in [2.75, 3.05) is 7.11 Å². The highest BCUT2D eigenvalue weighted by Crippen LogP contribution is 2.42. The van der Waals surface area contributed by atoms with Gasteiger partial charge in [0, 0.05) is 13.3 Å². The normalized spacial score (nSPS) is 21.2. The van der Waals surface area contributed by atoms with Crippen molar-refractivity contribution in [1.29, 1.82) is 0 Å². The number of halogens is 3. The molecule has 27 heavy (non-hydrogen) atoms. The van der Waals surface area contributed by atoms with Gasteiger partial charge in [-0.15, -0.1) is 0 Å². The van der Waals surface area contributed by atoms with Gasteiger partial charge < -0.3 is 8.92 Å². The van der Waals surface area contributed by atoms with Crippen molar-refractivity contribution < 1.29 is 35.3 Å². The molecular weight excluding hydrogens is 385 g/mol. The SMILES string of the molecule is COC(=O)C1(c2cccc(F)c2C)CCC=C(OS(=O)(=O)C(C)(F)F)CC1. The number of esters is 1. The van der Waals surface area contributed by atoms with E-state index < -0.39 is 32.6 Å². The number of allylic oxidation sites excluding steroid dienone is 2. The molecule has 1 atom stereocenters. The minimum atomic E-state index is -5.13. The third kappa shape index (κ3) is 4.12. The second kappa shape index (κ2) is 7.53. The first kappa shape index (κ1) is 21.3. The van der Waals surface area contributed by atoms with Crippen LogP contribution in [0.25, 0.3) is 0 Å². The predicted molar refractivity (Wildman–Crippen MR) is 92.0 cm³/mol. The zero-order valence-electron chi connectivity index (χ0n) is 15.2. The summed E-state index contributed by atoms with van der Waals surface area (Å²) in [5, 5.41) is -4.06. The first-order valence-electron chi connectivity index (χ1n) is 8.29. The Bertz CT molecular complexity index is 858. The van der Waals surface area contributed by atoms with E-state index in [-0.39, 0.29) is 43.9 Å². The Kier molecular flexibility index (Phi) is 5.94. The summed E-state index contributed by atoms with van der Waals surface area (Å²) < 4.78 is 73.1. The van der Waals surface area contributed by atoms with E-state index in [1.807, 2.05) is 0 Å². The molecule has 0 aliphatic heterocycles. The number of ether oxygens (including phenoxy) is 1. The van der Waals surface area contributed by atoms with Crippen molar-refractivity contribution in [3.05, 3.63) is 47.0 Å². The summed E-state index contributed by atoms with van der Waals surface area (Å²) in [5.41, 5.74) is -0.534. The van der Waals surface area contributed by atoms with Gasteiger partial charge in [0.1, 0.15) is 11.6 Å². The molecule has 0 spiro atoms. The standard InChI is InChI=1S/C18H21F3O5S/c1-12-14(7-4-8-15(12)19)18(16(22)25-3)10-5-6-13(9-11-18)26-27(23,24)17(2,20)21/h4,6-8H,5,9-11H2,1-3H3. The summed E-state index contributed by atoms with van der Waals surface area (Å²) in [6, 6.07) is 4.35. The molecule has 5 nitrogen and oxygen atoms in total. The van der Waals surface area contributed by atoms with Gasteiger partial charge in [-0.3, -0.25) is 4.79 Å². The van der Waals surface area contributed by atoms with Crippen LogP contribution in [-0.2, 0) is 29.2 Å². The minimum absolute atomic E-state index is 0.0284. The number of hydrogen-bond donors (Lipinski definition) is 0. The maximum Gasteiger partial charge on any atom is 0.377 e. The van der Waals surface area contributed by atoms with E-state index in [4.69, 9.17) is 4.74 Å². The van der Waals surface area contributed by atoms with E-state index in [1.54, 1.807) is 6.07 Å². The van der Waals surface area contributed by atoms with Gasteiger partial charge in [0.05, 0.1) is 12.5 Å². The number of methoxy groups -OCH3 is 1. The Hall–Kier alpha value is -2.03. The lowest BCUT2D eigenvalue weighted by Crippen LogP contribution is -2.37. The summed E-state index contributed by atoms with van der Waals surface area (Å²) in [4.78, 5) is 12.6. The van der Waals surface area contributed by atoms with Crippen molar-refractivity contribution in [3.8, 4) is 0 Å². The van der Waals surface area contributed by atoms with Gasteiger partial charge in [0.2, 0.25) is 0 Å². The second-order valence-corrected chi connectivity index (χ2v) is 8.33. The van der Waals surface area contributed by atoms with Gasteiger partial charge in [-0.1, -0.05) is 12.1 Å². The van der Waals surface area contributed by atoms with Crippen molar-refractivity contribution >= 4 is 16.1 Å². The third-order valence-electron chi connectivity index (χ3n) is 4.76. The Morgan fingerprint density at radius 1 is 1.26 bits per heavy atom. The second-order valence-electron chi connectivity index (χ2n) is 6.54. The Morgan fingerprint density at radius 2 is 1.93 bits per heavy atom. The molecule has 1 aromatic carbocycles. The lowest BCUT2D eigenvalue weighted by Gasteiger charge is -2.32. The number of alkyl halides is 2. The molecule has 150 valence electrons. The average Bonchev–Trinajstić information content (AvgIpc) is 2.78. The van der Waals surface area contributed by atoms with Gasteiger partial charge >= 0.3 is 21.3 Å². The number of rotatable bonds is 5. The third-order valence-corrected chi connectivity index (χ3v) is 6.07. The quantitative estimate of drug-likeness (QED) is 0.547. The zero-order valence-corrected chi connectivity index (χ0v) is 16.0. The molecule has 1 unspecified atom stereocenters. The highest BCUT2D eigenvalue weighted by molar-refractivity contribution is 7.87. The lowest BCUT2D eigenvalue weighted by molar-refractivity contribution is -0.148. The van der Waals surface area contributed by atoms with E-state index in [1.165, 1.54) is 32.2 Å². The zero-order chi connectivity index (χ0) is 20.5.